The van der Waals surface area contributed by atoms with Gasteiger partial charge in [-0.15, -0.1) is 13.2 Å². The van der Waals surface area contributed by atoms with Crippen LogP contribution in [-0.4, -0.2) is 41.3 Å². The fourth-order valence-corrected chi connectivity index (χ4v) is 2.73. The molecule has 1 fully saturated rings. The van der Waals surface area contributed by atoms with Gasteiger partial charge in [0.25, 0.3) is 0 Å². The molecule has 0 bridgehead atoms. The predicted molar refractivity (Wildman–Crippen MR) is 50.9 cm³/mol. The van der Waals surface area contributed by atoms with E-state index in [1.807, 2.05) is 0 Å². The van der Waals surface area contributed by atoms with Crippen molar-refractivity contribution in [2.45, 2.75) is 25.2 Å². The van der Waals surface area contributed by atoms with Crippen LogP contribution in [-0.2, 0) is 15.5 Å². The molecule has 1 saturated heterocycles. The second kappa shape index (κ2) is 5.81. The molecular weight excluding hydrogens is 231 g/mol. The highest BCUT2D eigenvalue weighted by Crippen LogP contribution is 2.15. The van der Waals surface area contributed by atoms with Gasteiger partial charge in [-0.3, -0.25) is 8.95 Å². The van der Waals surface area contributed by atoms with Crippen LogP contribution in [0, 0.1) is 0 Å². The molecule has 0 spiro atoms. The van der Waals surface area contributed by atoms with Gasteiger partial charge < -0.3 is 5.32 Å². The highest BCUT2D eigenvalue weighted by atomic mass is 32.2. The van der Waals surface area contributed by atoms with Crippen LogP contribution >= 0.6 is 0 Å². The molecule has 0 aromatic carbocycles. The SMILES string of the molecule is O=S1CCC(NCCOC(F)(F)F)CC1. The zero-order chi connectivity index (χ0) is 11.3. The molecule has 0 atom stereocenters. The summed E-state index contributed by atoms with van der Waals surface area (Å²) in [5.74, 6) is 1.27. The van der Waals surface area contributed by atoms with Gasteiger partial charge in [0.1, 0.15) is 0 Å². The summed E-state index contributed by atoms with van der Waals surface area (Å²) in [6, 6.07) is 0.180. The molecule has 0 aromatic heterocycles. The van der Waals surface area contributed by atoms with E-state index in [1.165, 1.54) is 0 Å². The van der Waals surface area contributed by atoms with Crippen molar-refractivity contribution >= 4 is 10.8 Å². The van der Waals surface area contributed by atoms with Crippen LogP contribution in [0.25, 0.3) is 0 Å². The maximum Gasteiger partial charge on any atom is 0.522 e. The molecule has 1 aliphatic rings. The molecule has 1 aliphatic heterocycles. The normalized spacial score (nSPS) is 27.9. The maximum absolute atomic E-state index is 11.6. The van der Waals surface area contributed by atoms with Crippen molar-refractivity contribution in [1.29, 1.82) is 0 Å². The first-order valence-electron chi connectivity index (χ1n) is 4.76. The molecule has 7 heteroatoms. The smallest absolute Gasteiger partial charge is 0.312 e. The molecule has 0 aliphatic carbocycles. The van der Waals surface area contributed by atoms with E-state index in [0.717, 1.165) is 12.8 Å². The molecule has 0 unspecified atom stereocenters. The van der Waals surface area contributed by atoms with Gasteiger partial charge in [-0.2, -0.15) is 0 Å². The van der Waals surface area contributed by atoms with Crippen molar-refractivity contribution in [3.05, 3.63) is 0 Å². The second-order valence-corrected chi connectivity index (χ2v) is 5.07. The molecule has 1 rings (SSSR count). The lowest BCUT2D eigenvalue weighted by Gasteiger charge is -2.22. The molecule has 1 N–H and O–H groups in total. The minimum Gasteiger partial charge on any atom is -0.312 e. The van der Waals surface area contributed by atoms with Crippen LogP contribution in [0.4, 0.5) is 13.2 Å². The summed E-state index contributed by atoms with van der Waals surface area (Å²) in [6.07, 6.45) is -3.02. The van der Waals surface area contributed by atoms with Crippen molar-refractivity contribution in [1.82, 2.24) is 5.32 Å². The summed E-state index contributed by atoms with van der Waals surface area (Å²) < 4.78 is 49.3. The first kappa shape index (κ1) is 12.9. The van der Waals surface area contributed by atoms with Crippen LogP contribution < -0.4 is 5.32 Å². The molecule has 0 aromatic rings. The number of alkyl halides is 3. The summed E-state index contributed by atoms with van der Waals surface area (Å²) in [4.78, 5) is 0. The Morgan fingerprint density at radius 3 is 2.47 bits per heavy atom. The van der Waals surface area contributed by atoms with Crippen LogP contribution in [0.15, 0.2) is 0 Å². The number of ether oxygens (including phenoxy) is 1. The van der Waals surface area contributed by atoms with E-state index in [9.17, 15) is 17.4 Å². The van der Waals surface area contributed by atoms with Crippen LogP contribution in [0.5, 0.6) is 0 Å². The lowest BCUT2D eigenvalue weighted by atomic mass is 10.1. The average Bonchev–Trinajstić information content (AvgIpc) is 2.14. The van der Waals surface area contributed by atoms with Crippen LogP contribution in [0.2, 0.25) is 0 Å². The number of rotatable bonds is 4. The second-order valence-electron chi connectivity index (χ2n) is 3.37. The number of hydrogen-bond donors (Lipinski definition) is 1. The van der Waals surface area contributed by atoms with E-state index in [2.05, 4.69) is 10.1 Å². The zero-order valence-corrected chi connectivity index (χ0v) is 9.00. The van der Waals surface area contributed by atoms with Gasteiger partial charge in [0.2, 0.25) is 0 Å². The van der Waals surface area contributed by atoms with Crippen molar-refractivity contribution < 1.29 is 22.1 Å². The monoisotopic (exact) mass is 245 g/mol. The largest absolute Gasteiger partial charge is 0.522 e. The third kappa shape index (κ3) is 6.11. The predicted octanol–water partition coefficient (Wildman–Crippen LogP) is 1.02. The van der Waals surface area contributed by atoms with Gasteiger partial charge in [-0.1, -0.05) is 0 Å². The lowest BCUT2D eigenvalue weighted by Crippen LogP contribution is -2.38. The topological polar surface area (TPSA) is 38.3 Å². The molecule has 0 amide bonds. The Hall–Kier alpha value is -0.140. The Labute approximate surface area is 88.8 Å². The Morgan fingerprint density at radius 1 is 1.33 bits per heavy atom. The average molecular weight is 245 g/mol. The van der Waals surface area contributed by atoms with Gasteiger partial charge >= 0.3 is 6.36 Å². The Bertz CT molecular complexity index is 212. The van der Waals surface area contributed by atoms with Crippen molar-refractivity contribution in [2.75, 3.05) is 24.7 Å². The Balaban J connectivity index is 2.03. The molecule has 90 valence electrons. The maximum atomic E-state index is 11.6. The summed E-state index contributed by atoms with van der Waals surface area (Å²) in [5, 5.41) is 2.96. The van der Waals surface area contributed by atoms with Gasteiger partial charge in [-0.05, 0) is 12.8 Å². The summed E-state index contributed by atoms with van der Waals surface area (Å²) in [7, 11) is -0.734. The highest BCUT2D eigenvalue weighted by molar-refractivity contribution is 7.85. The summed E-state index contributed by atoms with van der Waals surface area (Å²) in [6.45, 7) is -0.195. The number of halogens is 3. The fraction of sp³-hybridized carbons (Fsp3) is 1.00. The summed E-state index contributed by atoms with van der Waals surface area (Å²) in [5.41, 5.74) is 0. The molecule has 15 heavy (non-hydrogen) atoms. The highest BCUT2D eigenvalue weighted by Gasteiger charge is 2.28. The number of hydrogen-bond acceptors (Lipinski definition) is 3. The first-order chi connectivity index (χ1) is 6.97. The molecule has 3 nitrogen and oxygen atoms in total. The van der Waals surface area contributed by atoms with E-state index in [1.54, 1.807) is 0 Å². The van der Waals surface area contributed by atoms with Crippen molar-refractivity contribution in [3.63, 3.8) is 0 Å². The van der Waals surface area contributed by atoms with Gasteiger partial charge in [0, 0.05) is 34.9 Å². The van der Waals surface area contributed by atoms with E-state index in [0.29, 0.717) is 11.5 Å². The quantitative estimate of drug-likeness (QED) is 0.752. The van der Waals surface area contributed by atoms with Crippen molar-refractivity contribution in [2.24, 2.45) is 0 Å². The van der Waals surface area contributed by atoms with E-state index in [-0.39, 0.29) is 19.2 Å². The van der Waals surface area contributed by atoms with Gasteiger partial charge in [0.05, 0.1) is 6.61 Å². The number of nitrogens with one attached hydrogen (secondary N) is 1. The van der Waals surface area contributed by atoms with Gasteiger partial charge in [0.15, 0.2) is 0 Å². The van der Waals surface area contributed by atoms with Crippen molar-refractivity contribution in [3.8, 4) is 0 Å². The van der Waals surface area contributed by atoms with Crippen LogP contribution in [0.3, 0.4) is 0 Å². The minimum absolute atomic E-state index is 0.177. The molecular formula is C8H14F3NO2S. The minimum atomic E-state index is -4.55. The Morgan fingerprint density at radius 2 is 1.93 bits per heavy atom. The molecule has 0 radical (unpaired) electrons. The Kier molecular flexibility index (Phi) is 5.01. The standard InChI is InChI=1S/C8H14F3NO2S/c9-8(10,11)14-4-3-12-7-1-5-15(13)6-2-7/h7,12H,1-6H2. The molecule has 0 saturated carbocycles. The molecule has 1 heterocycles. The van der Waals surface area contributed by atoms with E-state index >= 15 is 0 Å². The zero-order valence-electron chi connectivity index (χ0n) is 8.18. The van der Waals surface area contributed by atoms with E-state index in [4.69, 9.17) is 0 Å². The van der Waals surface area contributed by atoms with Crippen LogP contribution in [0.1, 0.15) is 12.8 Å². The third-order valence-electron chi connectivity index (χ3n) is 2.19. The fourth-order valence-electron chi connectivity index (χ4n) is 1.43. The third-order valence-corrected chi connectivity index (χ3v) is 3.57. The van der Waals surface area contributed by atoms with E-state index < -0.39 is 17.2 Å². The lowest BCUT2D eigenvalue weighted by molar-refractivity contribution is -0.323. The van der Waals surface area contributed by atoms with Gasteiger partial charge in [-0.25, -0.2) is 0 Å². The first-order valence-corrected chi connectivity index (χ1v) is 6.25. The summed E-state index contributed by atoms with van der Waals surface area (Å²) >= 11 is 0.